The van der Waals surface area contributed by atoms with E-state index >= 15 is 0 Å². The minimum absolute atomic E-state index is 0.0830. The number of hydrogen-bond donors (Lipinski definition) is 1. The van der Waals surface area contributed by atoms with Crippen LogP contribution < -0.4 is 5.32 Å². The average Bonchev–Trinajstić information content (AvgIpc) is 3.10. The highest BCUT2D eigenvalue weighted by Crippen LogP contribution is 2.23. The Morgan fingerprint density at radius 2 is 2.07 bits per heavy atom. The number of amides is 1. The summed E-state index contributed by atoms with van der Waals surface area (Å²) < 4.78 is 1.93. The number of aromatic nitrogens is 4. The third kappa shape index (κ3) is 4.83. The number of nitrogens with zero attached hydrogens (tertiary/aromatic N) is 4. The van der Waals surface area contributed by atoms with Crippen molar-refractivity contribution >= 4 is 23.4 Å². The SMILES string of the molecule is C=CCn1c(SCC(=O)Nc2ccc(CC)cc2)nnc1-c1cccnc1. The number of nitrogens with one attached hydrogen (secondary N) is 1. The van der Waals surface area contributed by atoms with Crippen molar-refractivity contribution in [3.05, 3.63) is 67.0 Å². The lowest BCUT2D eigenvalue weighted by molar-refractivity contribution is -0.113. The first-order valence-electron chi connectivity index (χ1n) is 8.67. The van der Waals surface area contributed by atoms with Crippen molar-refractivity contribution < 1.29 is 4.79 Å². The lowest BCUT2D eigenvalue weighted by atomic mass is 10.1. The number of hydrogen-bond acceptors (Lipinski definition) is 5. The second kappa shape index (κ2) is 9.14. The number of carbonyl (C=O) groups excluding carboxylic acids is 1. The lowest BCUT2D eigenvalue weighted by Crippen LogP contribution is -2.14. The van der Waals surface area contributed by atoms with Crippen molar-refractivity contribution in [1.82, 2.24) is 19.7 Å². The van der Waals surface area contributed by atoms with E-state index in [-0.39, 0.29) is 11.7 Å². The van der Waals surface area contributed by atoms with Crippen LogP contribution in [-0.4, -0.2) is 31.4 Å². The molecule has 2 heterocycles. The fourth-order valence-electron chi connectivity index (χ4n) is 2.55. The molecule has 1 amide bonds. The Kier molecular flexibility index (Phi) is 6.38. The van der Waals surface area contributed by atoms with Crippen LogP contribution >= 0.6 is 11.8 Å². The molecular weight excluding hydrogens is 358 g/mol. The van der Waals surface area contributed by atoms with E-state index < -0.39 is 0 Å². The van der Waals surface area contributed by atoms with Crippen LogP contribution in [-0.2, 0) is 17.8 Å². The Balaban J connectivity index is 1.67. The molecule has 0 aliphatic carbocycles. The van der Waals surface area contributed by atoms with Crippen LogP contribution in [0.25, 0.3) is 11.4 Å². The number of carbonyl (C=O) groups is 1. The fraction of sp³-hybridized carbons (Fsp3) is 0.200. The molecule has 3 aromatic rings. The summed E-state index contributed by atoms with van der Waals surface area (Å²) in [5, 5.41) is 12.1. The van der Waals surface area contributed by atoms with Gasteiger partial charge in [-0.25, -0.2) is 0 Å². The molecule has 0 saturated carbocycles. The molecule has 0 unspecified atom stereocenters. The first-order valence-corrected chi connectivity index (χ1v) is 9.66. The van der Waals surface area contributed by atoms with Crippen LogP contribution in [0.15, 0.2) is 66.6 Å². The van der Waals surface area contributed by atoms with Crippen molar-refractivity contribution in [1.29, 1.82) is 0 Å². The predicted molar refractivity (Wildman–Crippen MR) is 109 cm³/mol. The first-order chi connectivity index (χ1) is 13.2. The third-order valence-electron chi connectivity index (χ3n) is 3.93. The fourth-order valence-corrected chi connectivity index (χ4v) is 3.30. The van der Waals surface area contributed by atoms with Gasteiger partial charge in [0.25, 0.3) is 0 Å². The van der Waals surface area contributed by atoms with Gasteiger partial charge in [-0.2, -0.15) is 0 Å². The standard InChI is InChI=1S/C20H21N5OS/c1-3-12-25-19(16-6-5-11-21-13-16)23-24-20(25)27-14-18(26)22-17-9-7-15(4-2)8-10-17/h3,5-11,13H,1,4,12,14H2,2H3,(H,22,26). The molecule has 0 spiro atoms. The van der Waals surface area contributed by atoms with Gasteiger partial charge in [0.05, 0.1) is 5.75 Å². The monoisotopic (exact) mass is 379 g/mol. The zero-order chi connectivity index (χ0) is 19.1. The number of allylic oxidation sites excluding steroid dienone is 1. The topological polar surface area (TPSA) is 72.7 Å². The maximum atomic E-state index is 12.3. The van der Waals surface area contributed by atoms with Crippen molar-refractivity contribution in [3.63, 3.8) is 0 Å². The van der Waals surface area contributed by atoms with Gasteiger partial charge in [0.2, 0.25) is 5.91 Å². The molecule has 0 fully saturated rings. The molecule has 0 bridgehead atoms. The number of anilines is 1. The van der Waals surface area contributed by atoms with Gasteiger partial charge in [-0.3, -0.25) is 14.3 Å². The van der Waals surface area contributed by atoms with Gasteiger partial charge in [0, 0.05) is 30.2 Å². The minimum Gasteiger partial charge on any atom is -0.325 e. The quantitative estimate of drug-likeness (QED) is 0.476. The molecule has 138 valence electrons. The molecule has 1 N–H and O–H groups in total. The number of rotatable bonds is 8. The molecular formula is C20H21N5OS. The lowest BCUT2D eigenvalue weighted by Gasteiger charge is -2.08. The molecule has 0 radical (unpaired) electrons. The van der Waals surface area contributed by atoms with Crippen LogP contribution in [0.3, 0.4) is 0 Å². The third-order valence-corrected chi connectivity index (χ3v) is 4.89. The van der Waals surface area contributed by atoms with Crippen molar-refractivity contribution in [2.75, 3.05) is 11.1 Å². The maximum Gasteiger partial charge on any atom is 0.234 e. The van der Waals surface area contributed by atoms with E-state index in [1.165, 1.54) is 17.3 Å². The van der Waals surface area contributed by atoms with E-state index in [0.717, 1.165) is 17.7 Å². The highest BCUT2D eigenvalue weighted by Gasteiger charge is 2.15. The molecule has 3 rings (SSSR count). The summed E-state index contributed by atoms with van der Waals surface area (Å²) >= 11 is 1.35. The summed E-state index contributed by atoms with van der Waals surface area (Å²) in [4.78, 5) is 16.4. The van der Waals surface area contributed by atoms with Crippen molar-refractivity contribution in [2.45, 2.75) is 25.0 Å². The van der Waals surface area contributed by atoms with Gasteiger partial charge in [0.15, 0.2) is 11.0 Å². The average molecular weight is 379 g/mol. The number of aryl methyl sites for hydroxylation is 1. The van der Waals surface area contributed by atoms with E-state index in [0.29, 0.717) is 17.5 Å². The Morgan fingerprint density at radius 3 is 2.74 bits per heavy atom. The van der Waals surface area contributed by atoms with E-state index in [9.17, 15) is 4.79 Å². The molecule has 1 aromatic carbocycles. The molecule has 6 nitrogen and oxygen atoms in total. The summed E-state index contributed by atoms with van der Waals surface area (Å²) in [6.07, 6.45) is 6.21. The van der Waals surface area contributed by atoms with Gasteiger partial charge in [-0.1, -0.05) is 36.9 Å². The van der Waals surface area contributed by atoms with Crippen molar-refractivity contribution in [3.8, 4) is 11.4 Å². The Hall–Kier alpha value is -2.93. The van der Waals surface area contributed by atoms with Crippen molar-refractivity contribution in [2.24, 2.45) is 0 Å². The maximum absolute atomic E-state index is 12.3. The van der Waals surface area contributed by atoms with E-state index in [1.54, 1.807) is 18.5 Å². The van der Waals surface area contributed by atoms with E-state index in [1.807, 2.05) is 41.0 Å². The van der Waals surface area contributed by atoms with Gasteiger partial charge in [-0.15, -0.1) is 16.8 Å². The summed E-state index contributed by atoms with van der Waals surface area (Å²) in [7, 11) is 0. The summed E-state index contributed by atoms with van der Waals surface area (Å²) in [5.41, 5.74) is 2.91. The second-order valence-corrected chi connectivity index (χ2v) is 6.78. The highest BCUT2D eigenvalue weighted by molar-refractivity contribution is 7.99. The predicted octanol–water partition coefficient (Wildman–Crippen LogP) is 3.82. The Labute approximate surface area is 162 Å². The molecule has 27 heavy (non-hydrogen) atoms. The normalized spacial score (nSPS) is 10.6. The highest BCUT2D eigenvalue weighted by atomic mass is 32.2. The summed E-state index contributed by atoms with van der Waals surface area (Å²) in [5.74, 6) is 0.874. The van der Waals surface area contributed by atoms with Gasteiger partial charge in [-0.05, 0) is 36.2 Å². The molecule has 0 aliphatic rings. The van der Waals surface area contributed by atoms with Gasteiger partial charge in [0.1, 0.15) is 0 Å². The molecule has 2 aromatic heterocycles. The van der Waals surface area contributed by atoms with Crippen LogP contribution in [0.1, 0.15) is 12.5 Å². The van der Waals surface area contributed by atoms with E-state index in [4.69, 9.17) is 0 Å². The molecule has 0 aliphatic heterocycles. The smallest absolute Gasteiger partial charge is 0.234 e. The van der Waals surface area contributed by atoms with Gasteiger partial charge < -0.3 is 5.32 Å². The molecule has 0 saturated heterocycles. The number of thioether (sulfide) groups is 1. The minimum atomic E-state index is -0.0830. The second-order valence-electron chi connectivity index (χ2n) is 5.83. The molecule has 7 heteroatoms. The first kappa shape index (κ1) is 18.8. The summed E-state index contributed by atoms with van der Waals surface area (Å²) in [6.45, 7) is 6.45. The van der Waals surface area contributed by atoms with Crippen LogP contribution in [0, 0.1) is 0 Å². The zero-order valence-electron chi connectivity index (χ0n) is 15.1. The molecule has 0 atom stereocenters. The number of benzene rings is 1. The van der Waals surface area contributed by atoms with Crippen LogP contribution in [0.5, 0.6) is 0 Å². The number of pyridine rings is 1. The zero-order valence-corrected chi connectivity index (χ0v) is 15.9. The Bertz CT molecular complexity index is 906. The van der Waals surface area contributed by atoms with E-state index in [2.05, 4.69) is 34.0 Å². The van der Waals surface area contributed by atoms with Gasteiger partial charge >= 0.3 is 0 Å². The van der Waals surface area contributed by atoms with Crippen LogP contribution in [0.2, 0.25) is 0 Å². The van der Waals surface area contributed by atoms with Crippen LogP contribution in [0.4, 0.5) is 5.69 Å². The summed E-state index contributed by atoms with van der Waals surface area (Å²) in [6, 6.07) is 11.7. The Morgan fingerprint density at radius 1 is 1.26 bits per heavy atom. The largest absolute Gasteiger partial charge is 0.325 e.